The number of aromatic nitrogens is 2. The van der Waals surface area contributed by atoms with Crippen molar-refractivity contribution in [3.05, 3.63) is 42.2 Å². The third kappa shape index (κ3) is 3.07. The van der Waals surface area contributed by atoms with Gasteiger partial charge >= 0.3 is 0 Å². The largest absolute Gasteiger partial charge is 0.467 e. The first-order valence-corrected chi connectivity index (χ1v) is 5.66. The number of carbonyl (C=O) groups is 1. The van der Waals surface area contributed by atoms with Crippen LogP contribution in [0.3, 0.4) is 0 Å². The van der Waals surface area contributed by atoms with Crippen LogP contribution >= 0.6 is 0 Å². The monoisotopic (exact) mass is 246 g/mol. The first-order chi connectivity index (χ1) is 8.79. The Balaban J connectivity index is 1.97. The maximum absolute atomic E-state index is 11.8. The van der Waals surface area contributed by atoms with Crippen LogP contribution < -0.4 is 10.6 Å². The van der Waals surface area contributed by atoms with Gasteiger partial charge in [0.25, 0.3) is 5.91 Å². The van der Waals surface area contributed by atoms with Crippen molar-refractivity contribution < 1.29 is 9.21 Å². The first-order valence-electron chi connectivity index (χ1n) is 5.66. The SMILES string of the molecule is CCNc1cncc(C(=O)NCc2ccco2)n1. The van der Waals surface area contributed by atoms with E-state index in [0.717, 1.165) is 6.54 Å². The predicted molar refractivity (Wildman–Crippen MR) is 66.1 cm³/mol. The Morgan fingerprint density at radius 1 is 1.44 bits per heavy atom. The number of rotatable bonds is 5. The van der Waals surface area contributed by atoms with Crippen LogP contribution in [-0.4, -0.2) is 22.4 Å². The summed E-state index contributed by atoms with van der Waals surface area (Å²) in [4.78, 5) is 19.9. The molecule has 94 valence electrons. The number of furan rings is 1. The lowest BCUT2D eigenvalue weighted by atomic mass is 10.4. The van der Waals surface area contributed by atoms with Gasteiger partial charge in [-0.1, -0.05) is 0 Å². The molecule has 2 rings (SSSR count). The number of hydrogen-bond acceptors (Lipinski definition) is 5. The molecular formula is C12H14N4O2. The molecule has 0 aliphatic carbocycles. The number of amides is 1. The van der Waals surface area contributed by atoms with Crippen molar-refractivity contribution in [1.82, 2.24) is 15.3 Å². The summed E-state index contributed by atoms with van der Waals surface area (Å²) in [7, 11) is 0. The van der Waals surface area contributed by atoms with E-state index in [1.165, 1.54) is 6.20 Å². The normalized spacial score (nSPS) is 10.1. The zero-order valence-electron chi connectivity index (χ0n) is 10.0. The highest BCUT2D eigenvalue weighted by Crippen LogP contribution is 2.03. The van der Waals surface area contributed by atoms with E-state index in [9.17, 15) is 4.79 Å². The van der Waals surface area contributed by atoms with Crippen LogP contribution in [0.2, 0.25) is 0 Å². The Morgan fingerprint density at radius 3 is 3.06 bits per heavy atom. The minimum absolute atomic E-state index is 0.278. The van der Waals surface area contributed by atoms with Crippen LogP contribution in [0.4, 0.5) is 5.82 Å². The summed E-state index contributed by atoms with van der Waals surface area (Å²) in [5, 5.41) is 5.71. The summed E-state index contributed by atoms with van der Waals surface area (Å²) in [5.41, 5.74) is 0.278. The molecule has 0 aromatic carbocycles. The van der Waals surface area contributed by atoms with Crippen LogP contribution in [0.25, 0.3) is 0 Å². The highest BCUT2D eigenvalue weighted by molar-refractivity contribution is 5.92. The first kappa shape index (κ1) is 12.1. The van der Waals surface area contributed by atoms with E-state index in [0.29, 0.717) is 18.1 Å². The molecule has 1 amide bonds. The van der Waals surface area contributed by atoms with Crippen LogP contribution in [0.15, 0.2) is 35.2 Å². The molecule has 18 heavy (non-hydrogen) atoms. The van der Waals surface area contributed by atoms with Crippen molar-refractivity contribution in [2.45, 2.75) is 13.5 Å². The Bertz CT molecular complexity index is 511. The van der Waals surface area contributed by atoms with Gasteiger partial charge in [0.2, 0.25) is 0 Å². The standard InChI is InChI=1S/C12H14N4O2/c1-2-14-11-8-13-7-10(16-11)12(17)15-6-9-4-3-5-18-9/h3-5,7-8H,2,6H2,1H3,(H,14,16)(H,15,17). The molecule has 0 spiro atoms. The average Bonchev–Trinajstić information content (AvgIpc) is 2.90. The number of hydrogen-bond donors (Lipinski definition) is 2. The number of nitrogens with zero attached hydrogens (tertiary/aromatic N) is 2. The van der Waals surface area contributed by atoms with Crippen molar-refractivity contribution in [2.75, 3.05) is 11.9 Å². The summed E-state index contributed by atoms with van der Waals surface area (Å²) in [6.45, 7) is 3.01. The van der Waals surface area contributed by atoms with Crippen LogP contribution in [0.1, 0.15) is 23.2 Å². The summed E-state index contributed by atoms with van der Waals surface area (Å²) in [5.74, 6) is 1.00. The molecule has 0 saturated heterocycles. The second-order valence-electron chi connectivity index (χ2n) is 3.58. The quantitative estimate of drug-likeness (QED) is 0.834. The Morgan fingerprint density at radius 2 is 2.33 bits per heavy atom. The van der Waals surface area contributed by atoms with E-state index in [1.807, 2.05) is 6.92 Å². The molecule has 2 N–H and O–H groups in total. The van der Waals surface area contributed by atoms with Crippen molar-refractivity contribution in [1.29, 1.82) is 0 Å². The van der Waals surface area contributed by atoms with Gasteiger partial charge in [0, 0.05) is 6.54 Å². The van der Waals surface area contributed by atoms with E-state index in [4.69, 9.17) is 4.42 Å². The minimum atomic E-state index is -0.279. The van der Waals surface area contributed by atoms with Crippen LogP contribution in [0, 0.1) is 0 Å². The van der Waals surface area contributed by atoms with E-state index >= 15 is 0 Å². The fourth-order valence-electron chi connectivity index (χ4n) is 1.41. The molecule has 2 aromatic rings. The molecule has 0 atom stereocenters. The molecule has 0 radical (unpaired) electrons. The minimum Gasteiger partial charge on any atom is -0.467 e. The van der Waals surface area contributed by atoms with Gasteiger partial charge in [-0.05, 0) is 19.1 Å². The molecule has 0 unspecified atom stereocenters. The lowest BCUT2D eigenvalue weighted by Gasteiger charge is -2.05. The number of nitrogens with one attached hydrogen (secondary N) is 2. The molecule has 0 saturated carbocycles. The van der Waals surface area contributed by atoms with Gasteiger partial charge in [0.05, 0.1) is 25.2 Å². The molecule has 6 heteroatoms. The Hall–Kier alpha value is -2.37. The van der Waals surface area contributed by atoms with Crippen molar-refractivity contribution in [3.8, 4) is 0 Å². The highest BCUT2D eigenvalue weighted by atomic mass is 16.3. The maximum atomic E-state index is 11.8. The fourth-order valence-corrected chi connectivity index (χ4v) is 1.41. The van der Waals surface area contributed by atoms with E-state index in [-0.39, 0.29) is 11.6 Å². The van der Waals surface area contributed by atoms with Crippen molar-refractivity contribution in [2.24, 2.45) is 0 Å². The zero-order valence-corrected chi connectivity index (χ0v) is 10.0. The molecule has 0 fully saturated rings. The van der Waals surface area contributed by atoms with Crippen LogP contribution in [-0.2, 0) is 6.54 Å². The second-order valence-corrected chi connectivity index (χ2v) is 3.58. The highest BCUT2D eigenvalue weighted by Gasteiger charge is 2.08. The van der Waals surface area contributed by atoms with Gasteiger partial charge in [-0.3, -0.25) is 9.78 Å². The number of carbonyl (C=O) groups excluding carboxylic acids is 1. The number of anilines is 1. The van der Waals surface area contributed by atoms with Crippen LogP contribution in [0.5, 0.6) is 0 Å². The molecule has 6 nitrogen and oxygen atoms in total. The zero-order chi connectivity index (χ0) is 12.8. The van der Waals surface area contributed by atoms with Gasteiger partial charge in [-0.25, -0.2) is 4.98 Å². The topological polar surface area (TPSA) is 80.0 Å². The third-order valence-corrected chi connectivity index (χ3v) is 2.23. The average molecular weight is 246 g/mol. The maximum Gasteiger partial charge on any atom is 0.271 e. The fraction of sp³-hybridized carbons (Fsp3) is 0.250. The summed E-state index contributed by atoms with van der Waals surface area (Å²) in [6, 6.07) is 3.56. The lowest BCUT2D eigenvalue weighted by Crippen LogP contribution is -2.24. The van der Waals surface area contributed by atoms with E-state index < -0.39 is 0 Å². The van der Waals surface area contributed by atoms with Gasteiger partial charge in [0.1, 0.15) is 17.3 Å². The second kappa shape index (κ2) is 5.81. The smallest absolute Gasteiger partial charge is 0.271 e. The van der Waals surface area contributed by atoms with Gasteiger partial charge < -0.3 is 15.1 Å². The summed E-state index contributed by atoms with van der Waals surface area (Å²) in [6.07, 6.45) is 4.57. The lowest BCUT2D eigenvalue weighted by molar-refractivity contribution is 0.0942. The Labute approximate surface area is 104 Å². The van der Waals surface area contributed by atoms with Crippen molar-refractivity contribution in [3.63, 3.8) is 0 Å². The molecule has 0 bridgehead atoms. The van der Waals surface area contributed by atoms with Gasteiger partial charge in [-0.2, -0.15) is 0 Å². The Kier molecular flexibility index (Phi) is 3.90. The third-order valence-electron chi connectivity index (χ3n) is 2.23. The summed E-state index contributed by atoms with van der Waals surface area (Å²) < 4.78 is 5.12. The van der Waals surface area contributed by atoms with E-state index in [1.54, 1.807) is 24.6 Å². The van der Waals surface area contributed by atoms with Gasteiger partial charge in [-0.15, -0.1) is 0 Å². The predicted octanol–water partition coefficient (Wildman–Crippen LogP) is 1.43. The molecule has 2 heterocycles. The van der Waals surface area contributed by atoms with E-state index in [2.05, 4.69) is 20.6 Å². The molecule has 2 aromatic heterocycles. The van der Waals surface area contributed by atoms with Crippen molar-refractivity contribution >= 4 is 11.7 Å². The summed E-state index contributed by atoms with van der Waals surface area (Å²) >= 11 is 0. The van der Waals surface area contributed by atoms with Gasteiger partial charge in [0.15, 0.2) is 0 Å². The molecular weight excluding hydrogens is 232 g/mol. The molecule has 0 aliphatic heterocycles. The molecule has 0 aliphatic rings.